The standard InChI is InChI=1S/C17H20N2O3S2/c1-4-23-16-11-6-5-9-15(16)18-17(20)13-8-7-10-14(12(13)2)19-24(3,21)22/h5-11,19H,4H2,1-3H3,(H,18,20). The summed E-state index contributed by atoms with van der Waals surface area (Å²) in [5.74, 6) is 0.633. The number of sulfonamides is 1. The van der Waals surface area contributed by atoms with E-state index in [0.717, 1.165) is 22.6 Å². The maximum atomic E-state index is 12.6. The summed E-state index contributed by atoms with van der Waals surface area (Å²) >= 11 is 1.65. The lowest BCUT2D eigenvalue weighted by Crippen LogP contribution is -2.16. The number of thioether (sulfide) groups is 1. The van der Waals surface area contributed by atoms with Crippen molar-refractivity contribution in [3.05, 3.63) is 53.6 Å². The van der Waals surface area contributed by atoms with E-state index >= 15 is 0 Å². The average Bonchev–Trinajstić information content (AvgIpc) is 2.50. The molecule has 2 aromatic rings. The molecule has 0 saturated carbocycles. The maximum Gasteiger partial charge on any atom is 0.256 e. The summed E-state index contributed by atoms with van der Waals surface area (Å²) in [4.78, 5) is 13.6. The summed E-state index contributed by atoms with van der Waals surface area (Å²) in [6.45, 7) is 3.77. The number of hydrogen-bond donors (Lipinski definition) is 2. The number of carbonyl (C=O) groups excluding carboxylic acids is 1. The number of nitrogens with one attached hydrogen (secondary N) is 2. The zero-order valence-corrected chi connectivity index (χ0v) is 15.4. The smallest absolute Gasteiger partial charge is 0.256 e. The Balaban J connectivity index is 2.29. The number of rotatable bonds is 6. The maximum absolute atomic E-state index is 12.6. The van der Waals surface area contributed by atoms with Crippen molar-refractivity contribution in [1.82, 2.24) is 0 Å². The van der Waals surface area contributed by atoms with Gasteiger partial charge in [0.1, 0.15) is 0 Å². The van der Waals surface area contributed by atoms with Crippen LogP contribution < -0.4 is 10.0 Å². The lowest BCUT2D eigenvalue weighted by atomic mass is 10.1. The normalized spacial score (nSPS) is 11.1. The molecule has 5 nitrogen and oxygen atoms in total. The first-order chi connectivity index (χ1) is 11.3. The molecule has 0 unspecified atom stereocenters. The molecular formula is C17H20N2O3S2. The highest BCUT2D eigenvalue weighted by atomic mass is 32.2. The zero-order valence-electron chi connectivity index (χ0n) is 13.8. The van der Waals surface area contributed by atoms with Crippen LogP contribution in [0, 0.1) is 6.92 Å². The van der Waals surface area contributed by atoms with Crippen molar-refractivity contribution in [2.45, 2.75) is 18.7 Å². The second-order valence-corrected chi connectivity index (χ2v) is 8.29. The summed E-state index contributed by atoms with van der Waals surface area (Å²) in [6.07, 6.45) is 1.08. The molecule has 0 spiro atoms. The first-order valence-electron chi connectivity index (χ1n) is 7.42. The van der Waals surface area contributed by atoms with Gasteiger partial charge in [-0.05, 0) is 42.5 Å². The van der Waals surface area contributed by atoms with Crippen LogP contribution in [0.1, 0.15) is 22.8 Å². The Kier molecular flexibility index (Phi) is 5.90. The van der Waals surface area contributed by atoms with Gasteiger partial charge in [-0.1, -0.05) is 25.1 Å². The Bertz CT molecular complexity index is 849. The summed E-state index contributed by atoms with van der Waals surface area (Å²) < 4.78 is 25.3. The molecule has 24 heavy (non-hydrogen) atoms. The molecule has 7 heteroatoms. The van der Waals surface area contributed by atoms with Crippen LogP contribution >= 0.6 is 11.8 Å². The predicted octanol–water partition coefficient (Wildman–Crippen LogP) is 3.73. The third-order valence-electron chi connectivity index (χ3n) is 3.31. The lowest BCUT2D eigenvalue weighted by molar-refractivity contribution is 0.102. The Morgan fingerprint density at radius 3 is 2.42 bits per heavy atom. The second-order valence-electron chi connectivity index (χ2n) is 5.24. The van der Waals surface area contributed by atoms with Crippen LogP contribution in [0.3, 0.4) is 0 Å². The quantitative estimate of drug-likeness (QED) is 0.766. The van der Waals surface area contributed by atoms with Gasteiger partial charge in [0.05, 0.1) is 17.6 Å². The SMILES string of the molecule is CCSc1ccccc1NC(=O)c1cccc(NS(C)(=O)=O)c1C. The third kappa shape index (κ3) is 4.75. The minimum absolute atomic E-state index is 0.270. The molecule has 0 fully saturated rings. The van der Waals surface area contributed by atoms with Crippen LogP contribution in [0.2, 0.25) is 0 Å². The van der Waals surface area contributed by atoms with Gasteiger partial charge in [0.2, 0.25) is 10.0 Å². The Morgan fingerprint density at radius 1 is 1.08 bits per heavy atom. The fourth-order valence-electron chi connectivity index (χ4n) is 2.23. The van der Waals surface area contributed by atoms with E-state index in [1.54, 1.807) is 36.9 Å². The molecule has 128 valence electrons. The van der Waals surface area contributed by atoms with Crippen molar-refractivity contribution < 1.29 is 13.2 Å². The van der Waals surface area contributed by atoms with Gasteiger partial charge in [-0.2, -0.15) is 0 Å². The largest absolute Gasteiger partial charge is 0.321 e. The Labute approximate surface area is 146 Å². The highest BCUT2D eigenvalue weighted by molar-refractivity contribution is 7.99. The number of benzene rings is 2. The monoisotopic (exact) mass is 364 g/mol. The molecular weight excluding hydrogens is 344 g/mol. The van der Waals surface area contributed by atoms with Crippen molar-refractivity contribution in [3.8, 4) is 0 Å². The predicted molar refractivity (Wildman–Crippen MR) is 100 cm³/mol. The van der Waals surface area contributed by atoms with Gasteiger partial charge in [-0.25, -0.2) is 8.42 Å². The molecule has 2 N–H and O–H groups in total. The van der Waals surface area contributed by atoms with Gasteiger partial charge in [-0.15, -0.1) is 11.8 Å². The van der Waals surface area contributed by atoms with Gasteiger partial charge >= 0.3 is 0 Å². The number of para-hydroxylation sites is 1. The summed E-state index contributed by atoms with van der Waals surface area (Å²) in [6, 6.07) is 12.6. The molecule has 2 rings (SSSR count). The van der Waals surface area contributed by atoms with Gasteiger partial charge in [-0.3, -0.25) is 9.52 Å². The highest BCUT2D eigenvalue weighted by Gasteiger charge is 2.15. The number of carbonyl (C=O) groups is 1. The molecule has 0 heterocycles. The van der Waals surface area contributed by atoms with E-state index in [0.29, 0.717) is 16.8 Å². The lowest BCUT2D eigenvalue weighted by Gasteiger charge is -2.14. The highest BCUT2D eigenvalue weighted by Crippen LogP contribution is 2.28. The molecule has 0 atom stereocenters. The van der Waals surface area contributed by atoms with E-state index in [1.807, 2.05) is 31.2 Å². The minimum atomic E-state index is -3.40. The van der Waals surface area contributed by atoms with Crippen LogP contribution in [0.5, 0.6) is 0 Å². The Morgan fingerprint density at radius 2 is 1.75 bits per heavy atom. The van der Waals surface area contributed by atoms with E-state index in [9.17, 15) is 13.2 Å². The van der Waals surface area contributed by atoms with Gasteiger partial charge in [0.15, 0.2) is 0 Å². The fraction of sp³-hybridized carbons (Fsp3) is 0.235. The molecule has 0 bridgehead atoms. The van der Waals surface area contributed by atoms with Gasteiger partial charge in [0.25, 0.3) is 5.91 Å². The van der Waals surface area contributed by atoms with Crippen molar-refractivity contribution >= 4 is 39.1 Å². The van der Waals surface area contributed by atoms with E-state index in [2.05, 4.69) is 10.0 Å². The molecule has 0 aliphatic heterocycles. The van der Waals surface area contributed by atoms with Crippen LogP contribution in [-0.4, -0.2) is 26.3 Å². The van der Waals surface area contributed by atoms with Crippen molar-refractivity contribution in [1.29, 1.82) is 0 Å². The minimum Gasteiger partial charge on any atom is -0.321 e. The first-order valence-corrected chi connectivity index (χ1v) is 10.3. The summed E-state index contributed by atoms with van der Waals surface area (Å²) in [7, 11) is -3.40. The average molecular weight is 364 g/mol. The van der Waals surface area contributed by atoms with Crippen molar-refractivity contribution in [3.63, 3.8) is 0 Å². The van der Waals surface area contributed by atoms with Crippen LogP contribution in [0.15, 0.2) is 47.4 Å². The van der Waals surface area contributed by atoms with Crippen LogP contribution in [0.25, 0.3) is 0 Å². The topological polar surface area (TPSA) is 75.3 Å². The van der Waals surface area contributed by atoms with Crippen LogP contribution in [0.4, 0.5) is 11.4 Å². The van der Waals surface area contributed by atoms with Crippen molar-refractivity contribution in [2.24, 2.45) is 0 Å². The van der Waals surface area contributed by atoms with Crippen LogP contribution in [-0.2, 0) is 10.0 Å². The van der Waals surface area contributed by atoms with E-state index in [-0.39, 0.29) is 5.91 Å². The molecule has 1 amide bonds. The molecule has 2 aromatic carbocycles. The molecule has 0 saturated heterocycles. The Hall–Kier alpha value is -1.99. The van der Waals surface area contributed by atoms with Crippen molar-refractivity contribution in [2.75, 3.05) is 22.0 Å². The summed E-state index contributed by atoms with van der Waals surface area (Å²) in [5.41, 5.74) is 2.16. The molecule has 0 aliphatic carbocycles. The number of hydrogen-bond acceptors (Lipinski definition) is 4. The number of anilines is 2. The van der Waals surface area contributed by atoms with E-state index in [4.69, 9.17) is 0 Å². The third-order valence-corrected chi connectivity index (χ3v) is 4.86. The molecule has 0 aliphatic rings. The van der Waals surface area contributed by atoms with Gasteiger partial charge < -0.3 is 5.32 Å². The zero-order chi connectivity index (χ0) is 17.7. The second kappa shape index (κ2) is 7.72. The number of amides is 1. The fourth-order valence-corrected chi connectivity index (χ4v) is 3.61. The molecule has 0 radical (unpaired) electrons. The van der Waals surface area contributed by atoms with Gasteiger partial charge in [0, 0.05) is 10.5 Å². The first kappa shape index (κ1) is 18.4. The summed E-state index contributed by atoms with van der Waals surface area (Å²) in [5, 5.41) is 2.91. The van der Waals surface area contributed by atoms with E-state index < -0.39 is 10.0 Å². The molecule has 0 aromatic heterocycles. The van der Waals surface area contributed by atoms with E-state index in [1.165, 1.54) is 0 Å².